The topological polar surface area (TPSA) is 69.6 Å². The van der Waals surface area contributed by atoms with Gasteiger partial charge in [-0.2, -0.15) is 0 Å². The molecule has 0 aliphatic heterocycles. The van der Waals surface area contributed by atoms with Crippen molar-refractivity contribution in [2.24, 2.45) is 5.92 Å². The van der Waals surface area contributed by atoms with Gasteiger partial charge in [0.05, 0.1) is 12.0 Å². The zero-order chi connectivity index (χ0) is 16.2. The van der Waals surface area contributed by atoms with Crippen molar-refractivity contribution in [3.63, 3.8) is 0 Å². The molecular weight excluding hydrogens is 299 g/mol. The first-order chi connectivity index (χ1) is 9.72. The van der Waals surface area contributed by atoms with Crippen molar-refractivity contribution < 1.29 is 19.1 Å². The minimum absolute atomic E-state index is 0.0883. The molecule has 0 fully saturated rings. The smallest absolute Gasteiger partial charge is 0.317 e. The fraction of sp³-hybridized carbons (Fsp3) is 0.429. The summed E-state index contributed by atoms with van der Waals surface area (Å²) in [7, 11) is 1.51. The van der Waals surface area contributed by atoms with E-state index < -0.39 is 29.8 Å². The molecule has 7 heteroatoms. The Morgan fingerprint density at radius 3 is 2.57 bits per heavy atom. The van der Waals surface area contributed by atoms with Crippen LogP contribution in [0.5, 0.6) is 0 Å². The van der Waals surface area contributed by atoms with Gasteiger partial charge in [0, 0.05) is 18.6 Å². The molecule has 1 aromatic rings. The number of benzene rings is 1. The minimum atomic E-state index is -0.968. The van der Waals surface area contributed by atoms with Gasteiger partial charge in [0.25, 0.3) is 0 Å². The summed E-state index contributed by atoms with van der Waals surface area (Å²) >= 11 is 5.93. The standard InChI is InChI=1S/C14H18ClFN2O3/c1-8(13(19)20)7-18(3)14(21)17-9(2)11-5-4-10(16)6-12(11)15/h4-6,8-9H,7H2,1-3H3,(H,17,21)(H,19,20)/t8?,9-/m0/s1. The van der Waals surface area contributed by atoms with Gasteiger partial charge in [0.15, 0.2) is 0 Å². The summed E-state index contributed by atoms with van der Waals surface area (Å²) in [6, 6.07) is 3.10. The van der Waals surface area contributed by atoms with Gasteiger partial charge >= 0.3 is 12.0 Å². The summed E-state index contributed by atoms with van der Waals surface area (Å²) in [4.78, 5) is 24.0. The van der Waals surface area contributed by atoms with Gasteiger partial charge in [-0.1, -0.05) is 24.6 Å². The number of halogens is 2. The lowest BCUT2D eigenvalue weighted by Gasteiger charge is -2.23. The minimum Gasteiger partial charge on any atom is -0.481 e. The Balaban J connectivity index is 2.67. The lowest BCUT2D eigenvalue weighted by Crippen LogP contribution is -2.41. The summed E-state index contributed by atoms with van der Waals surface area (Å²) in [5.74, 6) is -2.08. The number of carboxylic acids is 1. The number of carbonyl (C=O) groups is 2. The van der Waals surface area contributed by atoms with E-state index in [0.717, 1.165) is 0 Å². The van der Waals surface area contributed by atoms with Crippen molar-refractivity contribution in [3.05, 3.63) is 34.6 Å². The summed E-state index contributed by atoms with van der Waals surface area (Å²) in [5, 5.41) is 11.7. The first-order valence-corrected chi connectivity index (χ1v) is 6.79. The molecule has 0 bridgehead atoms. The number of aliphatic carboxylic acids is 1. The number of hydrogen-bond acceptors (Lipinski definition) is 2. The van der Waals surface area contributed by atoms with Crippen LogP contribution in [0.1, 0.15) is 25.5 Å². The van der Waals surface area contributed by atoms with Crippen molar-refractivity contribution in [2.75, 3.05) is 13.6 Å². The zero-order valence-electron chi connectivity index (χ0n) is 12.1. The third kappa shape index (κ3) is 4.90. The van der Waals surface area contributed by atoms with Crippen molar-refractivity contribution >= 4 is 23.6 Å². The maximum Gasteiger partial charge on any atom is 0.317 e. The lowest BCUT2D eigenvalue weighted by molar-refractivity contribution is -0.141. The molecule has 0 aromatic heterocycles. The van der Waals surface area contributed by atoms with Crippen LogP contribution in [-0.4, -0.2) is 35.6 Å². The number of nitrogens with zero attached hydrogens (tertiary/aromatic N) is 1. The molecule has 5 nitrogen and oxygen atoms in total. The molecule has 21 heavy (non-hydrogen) atoms. The average molecular weight is 317 g/mol. The predicted octanol–water partition coefficient (Wildman–Crippen LogP) is 2.90. The maximum absolute atomic E-state index is 13.0. The van der Waals surface area contributed by atoms with Crippen LogP contribution in [-0.2, 0) is 4.79 Å². The van der Waals surface area contributed by atoms with Crippen LogP contribution < -0.4 is 5.32 Å². The fourth-order valence-corrected chi connectivity index (χ4v) is 2.13. The van der Waals surface area contributed by atoms with Crippen LogP contribution in [0.15, 0.2) is 18.2 Å². The highest BCUT2D eigenvalue weighted by Crippen LogP contribution is 2.23. The number of hydrogen-bond donors (Lipinski definition) is 2. The van der Waals surface area contributed by atoms with E-state index in [-0.39, 0.29) is 11.6 Å². The first-order valence-electron chi connectivity index (χ1n) is 6.41. The van der Waals surface area contributed by atoms with Gasteiger partial charge < -0.3 is 15.3 Å². The molecule has 1 aromatic carbocycles. The second-order valence-corrected chi connectivity index (χ2v) is 5.36. The number of rotatable bonds is 5. The normalized spacial score (nSPS) is 13.4. The van der Waals surface area contributed by atoms with Gasteiger partial charge in [0.2, 0.25) is 0 Å². The summed E-state index contributed by atoms with van der Waals surface area (Å²) in [5.41, 5.74) is 0.589. The molecule has 116 valence electrons. The van der Waals surface area contributed by atoms with Crippen LogP contribution in [0.4, 0.5) is 9.18 Å². The summed E-state index contributed by atoms with van der Waals surface area (Å²) in [6.45, 7) is 3.32. The van der Waals surface area contributed by atoms with Gasteiger partial charge in [-0.25, -0.2) is 9.18 Å². The summed E-state index contributed by atoms with van der Waals surface area (Å²) in [6.07, 6.45) is 0. The van der Waals surface area contributed by atoms with E-state index in [0.29, 0.717) is 5.56 Å². The molecular formula is C14H18ClFN2O3. The number of carboxylic acid groups (broad SMARTS) is 1. The maximum atomic E-state index is 13.0. The molecule has 0 heterocycles. The summed E-state index contributed by atoms with van der Waals surface area (Å²) < 4.78 is 13.0. The monoisotopic (exact) mass is 316 g/mol. The second-order valence-electron chi connectivity index (χ2n) is 4.96. The third-order valence-electron chi connectivity index (χ3n) is 3.08. The Labute approximate surface area is 127 Å². The number of nitrogens with one attached hydrogen (secondary N) is 1. The van der Waals surface area contributed by atoms with E-state index in [1.165, 1.54) is 37.1 Å². The molecule has 0 saturated heterocycles. The van der Waals surface area contributed by atoms with E-state index in [1.54, 1.807) is 6.92 Å². The molecule has 2 atom stereocenters. The molecule has 2 amide bonds. The van der Waals surface area contributed by atoms with Crippen LogP contribution in [0.3, 0.4) is 0 Å². The van der Waals surface area contributed by atoms with E-state index in [4.69, 9.17) is 16.7 Å². The van der Waals surface area contributed by atoms with E-state index in [1.807, 2.05) is 0 Å². The highest BCUT2D eigenvalue weighted by atomic mass is 35.5. The number of carbonyl (C=O) groups excluding carboxylic acids is 1. The SMILES string of the molecule is CC(CN(C)C(=O)N[C@@H](C)c1ccc(F)cc1Cl)C(=O)O. The Hall–Kier alpha value is -1.82. The first kappa shape index (κ1) is 17.2. The zero-order valence-corrected chi connectivity index (χ0v) is 12.8. The van der Waals surface area contributed by atoms with Gasteiger partial charge in [-0.15, -0.1) is 0 Å². The fourth-order valence-electron chi connectivity index (χ4n) is 1.80. The lowest BCUT2D eigenvalue weighted by atomic mass is 10.1. The molecule has 2 N–H and O–H groups in total. The van der Waals surface area contributed by atoms with Crippen molar-refractivity contribution in [3.8, 4) is 0 Å². The quantitative estimate of drug-likeness (QED) is 0.877. The van der Waals surface area contributed by atoms with Crippen molar-refractivity contribution in [1.82, 2.24) is 10.2 Å². The Morgan fingerprint density at radius 1 is 1.43 bits per heavy atom. The molecule has 0 radical (unpaired) electrons. The molecule has 0 saturated carbocycles. The largest absolute Gasteiger partial charge is 0.481 e. The molecule has 0 aliphatic carbocycles. The predicted molar refractivity (Wildman–Crippen MR) is 77.8 cm³/mol. The van der Waals surface area contributed by atoms with Gasteiger partial charge in [-0.05, 0) is 24.6 Å². The van der Waals surface area contributed by atoms with E-state index >= 15 is 0 Å². The third-order valence-corrected chi connectivity index (χ3v) is 3.41. The molecule has 1 unspecified atom stereocenters. The number of urea groups is 1. The van der Waals surface area contributed by atoms with E-state index in [9.17, 15) is 14.0 Å². The van der Waals surface area contributed by atoms with Crippen LogP contribution in [0, 0.1) is 11.7 Å². The van der Waals surface area contributed by atoms with Crippen molar-refractivity contribution in [1.29, 1.82) is 0 Å². The Kier molecular flexibility index (Phi) is 5.96. The highest BCUT2D eigenvalue weighted by Gasteiger charge is 2.19. The van der Waals surface area contributed by atoms with E-state index in [2.05, 4.69) is 5.32 Å². The number of amides is 2. The highest BCUT2D eigenvalue weighted by molar-refractivity contribution is 6.31. The molecule has 1 rings (SSSR count). The van der Waals surface area contributed by atoms with Crippen LogP contribution >= 0.6 is 11.6 Å². The van der Waals surface area contributed by atoms with Crippen LogP contribution in [0.2, 0.25) is 5.02 Å². The molecule has 0 spiro atoms. The second kappa shape index (κ2) is 7.26. The van der Waals surface area contributed by atoms with Crippen LogP contribution in [0.25, 0.3) is 0 Å². The average Bonchev–Trinajstić information content (AvgIpc) is 2.37. The molecule has 0 aliphatic rings. The van der Waals surface area contributed by atoms with Gasteiger partial charge in [0.1, 0.15) is 5.82 Å². The Morgan fingerprint density at radius 2 is 2.05 bits per heavy atom. The Bertz CT molecular complexity index is 539. The van der Waals surface area contributed by atoms with Crippen molar-refractivity contribution in [2.45, 2.75) is 19.9 Å². The van der Waals surface area contributed by atoms with Gasteiger partial charge in [-0.3, -0.25) is 4.79 Å².